The van der Waals surface area contributed by atoms with Crippen molar-refractivity contribution in [2.75, 3.05) is 14.2 Å². The van der Waals surface area contributed by atoms with Crippen LogP contribution in [0.1, 0.15) is 23.6 Å². The van der Waals surface area contributed by atoms with E-state index < -0.39 is 0 Å². The van der Waals surface area contributed by atoms with Gasteiger partial charge in [-0.3, -0.25) is 4.79 Å². The van der Waals surface area contributed by atoms with Crippen LogP contribution >= 0.6 is 0 Å². The minimum Gasteiger partial charge on any atom is -0.497 e. The van der Waals surface area contributed by atoms with Crippen LogP contribution in [0.3, 0.4) is 0 Å². The van der Waals surface area contributed by atoms with Crippen molar-refractivity contribution in [1.29, 1.82) is 0 Å². The highest BCUT2D eigenvalue weighted by molar-refractivity contribution is 5.85. The minimum absolute atomic E-state index is 0.00994. The zero-order valence-electron chi connectivity index (χ0n) is 14.7. The van der Waals surface area contributed by atoms with Gasteiger partial charge in [-0.1, -0.05) is 30.3 Å². The normalized spacial score (nSPS) is 19.5. The Kier molecular flexibility index (Phi) is 5.83. The quantitative estimate of drug-likeness (QED) is 0.544. The number of benzene rings is 2. The molecule has 1 heterocycles. The van der Waals surface area contributed by atoms with Crippen molar-refractivity contribution in [3.8, 4) is 11.5 Å². The van der Waals surface area contributed by atoms with Crippen LogP contribution in [-0.2, 0) is 4.79 Å². The second kappa shape index (κ2) is 8.46. The molecule has 1 aliphatic heterocycles. The summed E-state index contributed by atoms with van der Waals surface area (Å²) in [6.07, 6.45) is 2.18. The molecule has 3 N–H and O–H groups in total. The number of hydrogen-bond donors (Lipinski definition) is 3. The van der Waals surface area contributed by atoms with Gasteiger partial charge in [0.2, 0.25) is 0 Å². The lowest BCUT2D eigenvalue weighted by Crippen LogP contribution is -2.41. The summed E-state index contributed by atoms with van der Waals surface area (Å²) in [7, 11) is 3.24. The largest absolute Gasteiger partial charge is 0.497 e. The number of carbonyl (C=O) groups is 1. The van der Waals surface area contributed by atoms with Crippen molar-refractivity contribution in [2.45, 2.75) is 18.5 Å². The molecule has 3 rings (SSSR count). The van der Waals surface area contributed by atoms with Gasteiger partial charge in [0.25, 0.3) is 5.91 Å². The lowest BCUT2D eigenvalue weighted by atomic mass is 10.0. The number of rotatable bonds is 6. The zero-order chi connectivity index (χ0) is 18.4. The molecule has 2 atom stereocenters. The number of para-hydroxylation sites is 1. The number of hydrogen-bond acceptors (Lipinski definition) is 6. The fourth-order valence-corrected chi connectivity index (χ4v) is 2.86. The Morgan fingerprint density at radius 1 is 1.15 bits per heavy atom. The molecular formula is C19H22N4O3. The number of amides is 1. The van der Waals surface area contributed by atoms with Crippen LogP contribution in [0.5, 0.6) is 11.5 Å². The maximum atomic E-state index is 12.3. The Labute approximate surface area is 152 Å². The van der Waals surface area contributed by atoms with E-state index in [4.69, 9.17) is 9.47 Å². The van der Waals surface area contributed by atoms with E-state index in [-0.39, 0.29) is 18.0 Å². The highest BCUT2D eigenvalue weighted by atomic mass is 16.5. The van der Waals surface area contributed by atoms with Gasteiger partial charge in [-0.15, -0.1) is 0 Å². The monoisotopic (exact) mass is 354 g/mol. The van der Waals surface area contributed by atoms with E-state index >= 15 is 0 Å². The first-order valence-electron chi connectivity index (χ1n) is 8.32. The lowest BCUT2D eigenvalue weighted by Gasteiger charge is -2.13. The Morgan fingerprint density at radius 3 is 2.81 bits per heavy atom. The first-order valence-corrected chi connectivity index (χ1v) is 8.32. The number of ether oxygens (including phenoxy) is 2. The van der Waals surface area contributed by atoms with Crippen molar-refractivity contribution >= 4 is 12.1 Å². The van der Waals surface area contributed by atoms with Crippen LogP contribution in [-0.4, -0.2) is 32.4 Å². The molecule has 2 aromatic carbocycles. The van der Waals surface area contributed by atoms with Gasteiger partial charge in [0.1, 0.15) is 17.5 Å². The molecule has 0 bridgehead atoms. The Hall–Kier alpha value is -2.90. The summed E-state index contributed by atoms with van der Waals surface area (Å²) in [6.45, 7) is 0. The van der Waals surface area contributed by atoms with Crippen molar-refractivity contribution in [3.63, 3.8) is 0 Å². The van der Waals surface area contributed by atoms with Crippen LogP contribution in [0.15, 0.2) is 53.6 Å². The fourth-order valence-electron chi connectivity index (χ4n) is 2.86. The molecule has 1 saturated heterocycles. The van der Waals surface area contributed by atoms with Crippen LogP contribution in [0.2, 0.25) is 0 Å². The predicted octanol–water partition coefficient (Wildman–Crippen LogP) is 1.76. The summed E-state index contributed by atoms with van der Waals surface area (Å²) in [4.78, 5) is 12.3. The standard InChI is InChI=1S/C19H22N4O3/c1-25-14-7-5-6-13(10-14)12-20-23-19(24)17-11-16(21-22-17)15-8-3-4-9-18(15)26-2/h3-10,12,16-17,21-22H,11H2,1-2H3,(H,23,24)/b20-12+. The van der Waals surface area contributed by atoms with Gasteiger partial charge in [-0.25, -0.2) is 16.3 Å². The second-order valence-corrected chi connectivity index (χ2v) is 5.88. The van der Waals surface area contributed by atoms with Gasteiger partial charge in [-0.05, 0) is 30.2 Å². The molecule has 1 amide bonds. The highest BCUT2D eigenvalue weighted by Gasteiger charge is 2.31. The smallest absolute Gasteiger partial charge is 0.258 e. The van der Waals surface area contributed by atoms with E-state index in [0.717, 1.165) is 22.6 Å². The van der Waals surface area contributed by atoms with Crippen molar-refractivity contribution in [3.05, 3.63) is 59.7 Å². The van der Waals surface area contributed by atoms with Crippen molar-refractivity contribution in [2.24, 2.45) is 5.10 Å². The number of hydrazone groups is 1. The number of hydrazine groups is 1. The molecule has 1 fully saturated rings. The summed E-state index contributed by atoms with van der Waals surface area (Å²) < 4.78 is 10.5. The zero-order valence-corrected chi connectivity index (χ0v) is 14.7. The SMILES string of the molecule is COc1cccc(/C=N/NC(=O)C2CC(c3ccccc3OC)NN2)c1. The third-order valence-corrected chi connectivity index (χ3v) is 4.22. The molecule has 2 aromatic rings. The van der Waals surface area contributed by atoms with Gasteiger partial charge in [0.15, 0.2) is 0 Å². The summed E-state index contributed by atoms with van der Waals surface area (Å²) in [5, 5.41) is 4.02. The van der Waals surface area contributed by atoms with Crippen LogP contribution in [0.4, 0.5) is 0 Å². The maximum absolute atomic E-state index is 12.3. The minimum atomic E-state index is -0.382. The van der Waals surface area contributed by atoms with Gasteiger partial charge in [0.05, 0.1) is 26.5 Å². The summed E-state index contributed by atoms with van der Waals surface area (Å²) in [6, 6.07) is 14.8. The summed E-state index contributed by atoms with van der Waals surface area (Å²) in [5.74, 6) is 1.33. The second-order valence-electron chi connectivity index (χ2n) is 5.88. The van der Waals surface area contributed by atoms with E-state index in [1.165, 1.54) is 0 Å². The van der Waals surface area contributed by atoms with Gasteiger partial charge >= 0.3 is 0 Å². The number of nitrogens with zero attached hydrogens (tertiary/aromatic N) is 1. The fraction of sp³-hybridized carbons (Fsp3) is 0.263. The van der Waals surface area contributed by atoms with E-state index in [2.05, 4.69) is 21.4 Å². The first-order chi connectivity index (χ1) is 12.7. The van der Waals surface area contributed by atoms with E-state index in [0.29, 0.717) is 6.42 Å². The Balaban J connectivity index is 1.57. The molecule has 0 spiro atoms. The summed E-state index contributed by atoms with van der Waals surface area (Å²) in [5.41, 5.74) is 10.6. The van der Waals surface area contributed by atoms with Gasteiger partial charge < -0.3 is 9.47 Å². The first kappa shape index (κ1) is 17.9. The lowest BCUT2D eigenvalue weighted by molar-refractivity contribution is -0.122. The molecule has 0 saturated carbocycles. The Bertz CT molecular complexity index is 794. The molecule has 136 valence electrons. The van der Waals surface area contributed by atoms with Gasteiger partial charge in [-0.2, -0.15) is 5.10 Å². The molecule has 7 heteroatoms. The van der Waals surface area contributed by atoms with Crippen molar-refractivity contribution < 1.29 is 14.3 Å². The third-order valence-electron chi connectivity index (χ3n) is 4.22. The summed E-state index contributed by atoms with van der Waals surface area (Å²) >= 11 is 0. The number of nitrogens with one attached hydrogen (secondary N) is 3. The molecule has 26 heavy (non-hydrogen) atoms. The van der Waals surface area contributed by atoms with Gasteiger partial charge in [0, 0.05) is 5.56 Å². The number of carbonyl (C=O) groups excluding carboxylic acids is 1. The van der Waals surface area contributed by atoms with E-state index in [1.807, 2.05) is 48.5 Å². The highest BCUT2D eigenvalue weighted by Crippen LogP contribution is 2.29. The molecule has 2 unspecified atom stereocenters. The molecule has 0 radical (unpaired) electrons. The van der Waals surface area contributed by atoms with E-state index in [9.17, 15) is 4.79 Å². The molecule has 0 aliphatic carbocycles. The molecular weight excluding hydrogens is 332 g/mol. The van der Waals surface area contributed by atoms with Crippen LogP contribution in [0, 0.1) is 0 Å². The average molecular weight is 354 g/mol. The molecule has 0 aromatic heterocycles. The molecule has 7 nitrogen and oxygen atoms in total. The van der Waals surface area contributed by atoms with Crippen molar-refractivity contribution in [1.82, 2.24) is 16.3 Å². The van der Waals surface area contributed by atoms with Crippen LogP contribution in [0.25, 0.3) is 0 Å². The molecule has 1 aliphatic rings. The van der Waals surface area contributed by atoms with E-state index in [1.54, 1.807) is 20.4 Å². The maximum Gasteiger partial charge on any atom is 0.258 e. The van der Waals surface area contributed by atoms with Crippen LogP contribution < -0.4 is 25.8 Å². The topological polar surface area (TPSA) is 84.0 Å². The average Bonchev–Trinajstić information content (AvgIpc) is 3.18. The Morgan fingerprint density at radius 2 is 2.00 bits per heavy atom. The third kappa shape index (κ3) is 4.19. The predicted molar refractivity (Wildman–Crippen MR) is 99.1 cm³/mol. The number of methoxy groups -OCH3 is 2.